The van der Waals surface area contributed by atoms with Gasteiger partial charge in [-0.1, -0.05) is 48.0 Å². The molecule has 2 fully saturated rings. The second kappa shape index (κ2) is 8.21. The van der Waals surface area contributed by atoms with Crippen LogP contribution in [0.2, 0.25) is 5.02 Å². The zero-order chi connectivity index (χ0) is 24.2. The summed E-state index contributed by atoms with van der Waals surface area (Å²) in [6, 6.07) is 12.4. The van der Waals surface area contributed by atoms with E-state index in [1.165, 1.54) is 4.90 Å². The number of carboxylic acids is 1. The molecule has 0 aliphatic carbocycles. The van der Waals surface area contributed by atoms with Crippen molar-refractivity contribution in [2.45, 2.75) is 37.8 Å². The van der Waals surface area contributed by atoms with E-state index in [2.05, 4.69) is 10.6 Å². The van der Waals surface area contributed by atoms with Gasteiger partial charge >= 0.3 is 5.97 Å². The summed E-state index contributed by atoms with van der Waals surface area (Å²) in [6.45, 7) is 2.03. The van der Waals surface area contributed by atoms with Crippen LogP contribution in [0.25, 0.3) is 0 Å². The third-order valence-corrected chi connectivity index (χ3v) is 7.45. The summed E-state index contributed by atoms with van der Waals surface area (Å²) in [5.41, 5.74) is 1.27. The average Bonchev–Trinajstić information content (AvgIpc) is 3.37. The summed E-state index contributed by atoms with van der Waals surface area (Å²) in [5.74, 6) is -4.06. The Morgan fingerprint density at radius 2 is 1.88 bits per heavy atom. The SMILES string of the molecule is Cc1cc(Cl)c2c(c1)[C@@]1(N[C@@H](CCC(=O)O)[C@H]3C(=O)N(CCc4ccccc4)C(=O)[C@@H]31)C(=O)N2. The van der Waals surface area contributed by atoms with Crippen LogP contribution in [0.3, 0.4) is 0 Å². The first-order valence-corrected chi connectivity index (χ1v) is 11.6. The Bertz CT molecular complexity index is 1220. The third kappa shape index (κ3) is 3.32. The zero-order valence-corrected chi connectivity index (χ0v) is 19.3. The van der Waals surface area contributed by atoms with E-state index in [0.29, 0.717) is 22.7 Å². The largest absolute Gasteiger partial charge is 0.481 e. The summed E-state index contributed by atoms with van der Waals surface area (Å²) in [4.78, 5) is 53.2. The molecule has 3 aliphatic heterocycles. The van der Waals surface area contributed by atoms with E-state index < -0.39 is 41.2 Å². The lowest BCUT2D eigenvalue weighted by Gasteiger charge is -2.29. The van der Waals surface area contributed by atoms with Gasteiger partial charge in [-0.05, 0) is 37.0 Å². The van der Waals surface area contributed by atoms with Crippen molar-refractivity contribution in [1.29, 1.82) is 0 Å². The Hall–Kier alpha value is -3.23. The van der Waals surface area contributed by atoms with Crippen LogP contribution < -0.4 is 10.6 Å². The van der Waals surface area contributed by atoms with Gasteiger partial charge in [-0.3, -0.25) is 29.4 Å². The van der Waals surface area contributed by atoms with Crippen LogP contribution in [0.4, 0.5) is 5.69 Å². The fourth-order valence-corrected chi connectivity index (χ4v) is 6.01. The number of aryl methyl sites for hydroxylation is 1. The Morgan fingerprint density at radius 3 is 2.59 bits per heavy atom. The maximum atomic E-state index is 13.7. The maximum Gasteiger partial charge on any atom is 0.303 e. The molecule has 1 spiro atoms. The van der Waals surface area contributed by atoms with Crippen LogP contribution in [0.15, 0.2) is 42.5 Å². The molecule has 9 heteroatoms. The number of benzene rings is 2. The molecular weight excluding hydrogens is 458 g/mol. The van der Waals surface area contributed by atoms with E-state index in [1.807, 2.05) is 37.3 Å². The number of anilines is 1. The molecular formula is C25H24ClN3O5. The highest BCUT2D eigenvalue weighted by molar-refractivity contribution is 6.35. The van der Waals surface area contributed by atoms with Crippen LogP contribution >= 0.6 is 11.6 Å². The molecule has 0 saturated carbocycles. The summed E-state index contributed by atoms with van der Waals surface area (Å²) in [6.07, 6.45) is 0.420. The van der Waals surface area contributed by atoms with Crippen LogP contribution in [0, 0.1) is 18.8 Å². The van der Waals surface area contributed by atoms with E-state index in [-0.39, 0.29) is 25.3 Å². The predicted octanol–water partition coefficient (Wildman–Crippen LogP) is 2.48. The molecule has 3 amide bonds. The molecule has 4 atom stereocenters. The van der Waals surface area contributed by atoms with E-state index in [0.717, 1.165) is 11.1 Å². The van der Waals surface area contributed by atoms with Crippen LogP contribution in [-0.4, -0.2) is 46.3 Å². The van der Waals surface area contributed by atoms with Gasteiger partial charge in [0.25, 0.3) is 0 Å². The van der Waals surface area contributed by atoms with Crippen molar-refractivity contribution in [1.82, 2.24) is 10.2 Å². The van der Waals surface area contributed by atoms with Gasteiger partial charge in [-0.25, -0.2) is 0 Å². The molecule has 8 nitrogen and oxygen atoms in total. The van der Waals surface area contributed by atoms with Crippen LogP contribution in [0.5, 0.6) is 0 Å². The van der Waals surface area contributed by atoms with Crippen molar-refractivity contribution >= 4 is 41.0 Å². The quantitative estimate of drug-likeness (QED) is 0.546. The second-order valence-corrected chi connectivity index (χ2v) is 9.59. The highest BCUT2D eigenvalue weighted by Gasteiger charge is 2.70. The second-order valence-electron chi connectivity index (χ2n) is 9.18. The number of hydrogen-bond donors (Lipinski definition) is 3. The molecule has 2 aromatic carbocycles. The lowest BCUT2D eigenvalue weighted by atomic mass is 9.76. The molecule has 3 heterocycles. The maximum absolute atomic E-state index is 13.7. The number of rotatable bonds is 6. The summed E-state index contributed by atoms with van der Waals surface area (Å²) in [7, 11) is 0. The van der Waals surface area contributed by atoms with Gasteiger partial charge in [0, 0.05) is 24.6 Å². The van der Waals surface area contributed by atoms with Crippen molar-refractivity contribution in [3.63, 3.8) is 0 Å². The number of halogens is 1. The Kier molecular flexibility index (Phi) is 5.45. The van der Waals surface area contributed by atoms with Crippen molar-refractivity contribution in [3.8, 4) is 0 Å². The first-order chi connectivity index (χ1) is 16.2. The number of aliphatic carboxylic acids is 1. The van der Waals surface area contributed by atoms with Crippen molar-refractivity contribution in [3.05, 3.63) is 64.2 Å². The molecule has 3 aliphatic rings. The fourth-order valence-electron chi connectivity index (χ4n) is 5.69. The van der Waals surface area contributed by atoms with E-state index in [4.69, 9.17) is 11.6 Å². The number of nitrogens with zero attached hydrogens (tertiary/aromatic N) is 1. The number of imide groups is 1. The molecule has 5 rings (SSSR count). The topological polar surface area (TPSA) is 116 Å². The standard InChI is InChI=1S/C25H24ClN3O5/c1-13-11-15-21(16(26)12-13)27-24(34)25(15)20-19(17(28-25)7-8-18(30)31)22(32)29(23(20)33)10-9-14-5-3-2-4-6-14/h2-6,11-12,17,19-20,28H,7-10H2,1H3,(H,27,34)(H,30,31)/t17-,19+,20+,25-/m0/s1. The Labute approximate surface area is 201 Å². The third-order valence-electron chi connectivity index (χ3n) is 7.15. The Morgan fingerprint density at radius 1 is 1.15 bits per heavy atom. The predicted molar refractivity (Wildman–Crippen MR) is 124 cm³/mol. The minimum Gasteiger partial charge on any atom is -0.481 e. The van der Waals surface area contributed by atoms with Gasteiger partial charge in [0.05, 0.1) is 22.5 Å². The molecule has 0 aromatic heterocycles. The number of fused-ring (bicyclic) bond motifs is 4. The molecule has 2 aromatic rings. The van der Waals surface area contributed by atoms with E-state index >= 15 is 0 Å². The lowest BCUT2D eigenvalue weighted by molar-refractivity contribution is -0.143. The van der Waals surface area contributed by atoms with Crippen molar-refractivity contribution < 1.29 is 24.3 Å². The molecule has 34 heavy (non-hydrogen) atoms. The Balaban J connectivity index is 1.55. The number of carbonyl (C=O) groups is 4. The monoisotopic (exact) mass is 481 g/mol. The van der Waals surface area contributed by atoms with Crippen molar-refractivity contribution in [2.75, 3.05) is 11.9 Å². The smallest absolute Gasteiger partial charge is 0.303 e. The fraction of sp³-hybridized carbons (Fsp3) is 0.360. The average molecular weight is 482 g/mol. The summed E-state index contributed by atoms with van der Waals surface area (Å²) >= 11 is 6.41. The van der Waals surface area contributed by atoms with Gasteiger partial charge in [0.1, 0.15) is 5.54 Å². The number of amides is 3. The normalized spacial score (nSPS) is 27.3. The zero-order valence-electron chi connectivity index (χ0n) is 18.5. The van der Waals surface area contributed by atoms with Crippen molar-refractivity contribution in [2.24, 2.45) is 11.8 Å². The summed E-state index contributed by atoms with van der Waals surface area (Å²) in [5, 5.41) is 15.6. The first-order valence-electron chi connectivity index (χ1n) is 11.2. The minimum absolute atomic E-state index is 0.117. The number of carboxylic acid groups (broad SMARTS) is 1. The van der Waals surface area contributed by atoms with Gasteiger partial charge in [-0.15, -0.1) is 0 Å². The molecule has 3 N–H and O–H groups in total. The number of hydrogen-bond acceptors (Lipinski definition) is 5. The van der Waals surface area contributed by atoms with Gasteiger partial charge in [0.15, 0.2) is 0 Å². The molecule has 0 unspecified atom stereocenters. The minimum atomic E-state index is -1.48. The molecule has 2 saturated heterocycles. The summed E-state index contributed by atoms with van der Waals surface area (Å²) < 4.78 is 0. The molecule has 176 valence electrons. The number of carbonyl (C=O) groups excluding carboxylic acids is 3. The van der Waals surface area contributed by atoms with Gasteiger partial charge in [0.2, 0.25) is 17.7 Å². The van der Waals surface area contributed by atoms with Crippen LogP contribution in [0.1, 0.15) is 29.5 Å². The van der Waals surface area contributed by atoms with Gasteiger partial charge < -0.3 is 10.4 Å². The van der Waals surface area contributed by atoms with E-state index in [1.54, 1.807) is 12.1 Å². The molecule has 0 bridgehead atoms. The van der Waals surface area contributed by atoms with Gasteiger partial charge in [-0.2, -0.15) is 0 Å². The van der Waals surface area contributed by atoms with Crippen LogP contribution in [-0.2, 0) is 31.1 Å². The molecule has 0 radical (unpaired) electrons. The van der Waals surface area contributed by atoms with E-state index in [9.17, 15) is 24.3 Å². The highest BCUT2D eigenvalue weighted by Crippen LogP contribution is 2.54. The number of nitrogens with one attached hydrogen (secondary N) is 2. The lowest BCUT2D eigenvalue weighted by Crippen LogP contribution is -2.53. The number of likely N-dealkylation sites (tertiary alicyclic amines) is 1. The first kappa shape index (κ1) is 22.6. The highest BCUT2D eigenvalue weighted by atomic mass is 35.5.